The summed E-state index contributed by atoms with van der Waals surface area (Å²) in [6.45, 7) is 2.23. The molecule has 0 aliphatic heterocycles. The van der Waals surface area contributed by atoms with Crippen LogP contribution in [0.5, 0.6) is 6.01 Å². The molecule has 1 heterocycles. The molecule has 0 aliphatic carbocycles. The van der Waals surface area contributed by atoms with Crippen LogP contribution in [0.3, 0.4) is 0 Å². The third-order valence-electron chi connectivity index (χ3n) is 2.65. The molecule has 1 aromatic carbocycles. The molecule has 0 fully saturated rings. The molecule has 5 nitrogen and oxygen atoms in total. The summed E-state index contributed by atoms with van der Waals surface area (Å²) in [4.78, 5) is 7.89. The zero-order valence-electron chi connectivity index (χ0n) is 11.1. The van der Waals surface area contributed by atoms with Crippen molar-refractivity contribution in [3.05, 3.63) is 53.9 Å². The second kappa shape index (κ2) is 7.87. The maximum Gasteiger partial charge on any atom is 0.317 e. The molecule has 0 amide bonds. The first-order chi connectivity index (χ1) is 9.88. The van der Waals surface area contributed by atoms with Crippen LogP contribution in [0.25, 0.3) is 0 Å². The van der Waals surface area contributed by atoms with Crippen LogP contribution in [0, 0.1) is 11.3 Å². The van der Waals surface area contributed by atoms with E-state index in [9.17, 15) is 0 Å². The van der Waals surface area contributed by atoms with Crippen molar-refractivity contribution in [1.82, 2.24) is 15.3 Å². The number of hydrogen-bond donors (Lipinski definition) is 1. The van der Waals surface area contributed by atoms with Crippen molar-refractivity contribution in [2.45, 2.75) is 13.0 Å². The SMILES string of the molecule is N#Cc1ccnc(OCCCNCc2ccccc2)n1. The molecule has 2 aromatic rings. The number of nitriles is 1. The van der Waals surface area contributed by atoms with Crippen molar-refractivity contribution < 1.29 is 4.74 Å². The second-order valence-corrected chi connectivity index (χ2v) is 4.20. The Morgan fingerprint density at radius 1 is 1.20 bits per heavy atom. The highest BCUT2D eigenvalue weighted by atomic mass is 16.5. The molecule has 5 heteroatoms. The lowest BCUT2D eigenvalue weighted by molar-refractivity contribution is 0.284. The summed E-state index contributed by atoms with van der Waals surface area (Å²) in [6.07, 6.45) is 2.38. The number of nitrogens with zero attached hydrogens (tertiary/aromatic N) is 3. The van der Waals surface area contributed by atoms with E-state index in [1.54, 1.807) is 6.07 Å². The predicted octanol–water partition coefficient (Wildman–Crippen LogP) is 1.91. The normalized spacial score (nSPS) is 9.95. The number of benzene rings is 1. The molecule has 0 unspecified atom stereocenters. The van der Waals surface area contributed by atoms with Crippen molar-refractivity contribution in [2.75, 3.05) is 13.2 Å². The summed E-state index contributed by atoms with van der Waals surface area (Å²) in [5, 5.41) is 12.0. The van der Waals surface area contributed by atoms with Gasteiger partial charge in [-0.1, -0.05) is 30.3 Å². The lowest BCUT2D eigenvalue weighted by Gasteiger charge is -2.06. The summed E-state index contributed by atoms with van der Waals surface area (Å²) in [5.41, 5.74) is 1.58. The van der Waals surface area contributed by atoms with Crippen molar-refractivity contribution >= 4 is 0 Å². The monoisotopic (exact) mass is 268 g/mol. The Kier molecular flexibility index (Phi) is 5.50. The summed E-state index contributed by atoms with van der Waals surface area (Å²) in [6, 6.07) is 14.0. The van der Waals surface area contributed by atoms with E-state index < -0.39 is 0 Å². The Morgan fingerprint density at radius 2 is 2.05 bits per heavy atom. The van der Waals surface area contributed by atoms with Crippen LogP contribution < -0.4 is 10.1 Å². The van der Waals surface area contributed by atoms with E-state index in [4.69, 9.17) is 10.00 Å². The minimum absolute atomic E-state index is 0.257. The van der Waals surface area contributed by atoms with Gasteiger partial charge in [-0.3, -0.25) is 0 Å². The van der Waals surface area contributed by atoms with Gasteiger partial charge in [0.25, 0.3) is 0 Å². The maximum atomic E-state index is 8.71. The predicted molar refractivity (Wildman–Crippen MR) is 75.0 cm³/mol. The Labute approximate surface area is 118 Å². The topological polar surface area (TPSA) is 70.8 Å². The van der Waals surface area contributed by atoms with Crippen LogP contribution in [0.1, 0.15) is 17.7 Å². The number of ether oxygens (including phenoxy) is 1. The first-order valence-corrected chi connectivity index (χ1v) is 6.49. The Hall–Kier alpha value is -2.45. The van der Waals surface area contributed by atoms with Gasteiger partial charge in [-0.2, -0.15) is 10.2 Å². The molecule has 2 rings (SSSR count). The van der Waals surface area contributed by atoms with E-state index in [0.717, 1.165) is 19.5 Å². The fourth-order valence-electron chi connectivity index (χ4n) is 1.66. The molecule has 0 bridgehead atoms. The molecule has 0 radical (unpaired) electrons. The quantitative estimate of drug-likeness (QED) is 0.777. The summed E-state index contributed by atoms with van der Waals surface area (Å²) < 4.78 is 5.39. The van der Waals surface area contributed by atoms with E-state index in [2.05, 4.69) is 27.4 Å². The zero-order chi connectivity index (χ0) is 14.0. The smallest absolute Gasteiger partial charge is 0.317 e. The molecule has 20 heavy (non-hydrogen) atoms. The van der Waals surface area contributed by atoms with Crippen LogP contribution in [0.15, 0.2) is 42.6 Å². The van der Waals surface area contributed by atoms with Crippen molar-refractivity contribution in [1.29, 1.82) is 5.26 Å². The number of nitrogens with one attached hydrogen (secondary N) is 1. The third kappa shape index (κ3) is 4.67. The van der Waals surface area contributed by atoms with Gasteiger partial charge in [-0.25, -0.2) is 4.98 Å². The van der Waals surface area contributed by atoms with Crippen molar-refractivity contribution in [3.63, 3.8) is 0 Å². The average Bonchev–Trinajstić information content (AvgIpc) is 2.52. The molecule has 1 N–H and O–H groups in total. The van der Waals surface area contributed by atoms with Gasteiger partial charge < -0.3 is 10.1 Å². The Bertz CT molecular complexity index is 566. The highest BCUT2D eigenvalue weighted by Crippen LogP contribution is 2.02. The van der Waals surface area contributed by atoms with Gasteiger partial charge in [0.05, 0.1) is 6.61 Å². The fraction of sp³-hybridized carbons (Fsp3) is 0.267. The van der Waals surface area contributed by atoms with Gasteiger partial charge in [-0.15, -0.1) is 0 Å². The van der Waals surface area contributed by atoms with Gasteiger partial charge in [0.1, 0.15) is 11.8 Å². The van der Waals surface area contributed by atoms with Gasteiger partial charge in [0, 0.05) is 12.7 Å². The molecule has 0 atom stereocenters. The number of hydrogen-bond acceptors (Lipinski definition) is 5. The summed E-state index contributed by atoms with van der Waals surface area (Å²) in [7, 11) is 0. The standard InChI is InChI=1S/C15H16N4O/c16-11-14-7-9-18-15(19-14)20-10-4-8-17-12-13-5-2-1-3-6-13/h1-3,5-7,9,17H,4,8,10,12H2. The van der Waals surface area contributed by atoms with Gasteiger partial charge in [0.15, 0.2) is 0 Å². The van der Waals surface area contributed by atoms with Crippen molar-refractivity contribution in [3.8, 4) is 12.1 Å². The highest BCUT2D eigenvalue weighted by molar-refractivity contribution is 5.19. The van der Waals surface area contributed by atoms with Gasteiger partial charge in [0.2, 0.25) is 0 Å². The third-order valence-corrected chi connectivity index (χ3v) is 2.65. The molecule has 0 saturated heterocycles. The number of aromatic nitrogens is 2. The van der Waals surface area contributed by atoms with Crippen LogP contribution in [-0.4, -0.2) is 23.1 Å². The Balaban J connectivity index is 1.61. The Morgan fingerprint density at radius 3 is 2.85 bits per heavy atom. The van der Waals surface area contributed by atoms with E-state index in [1.165, 1.54) is 11.8 Å². The van der Waals surface area contributed by atoms with Crippen LogP contribution >= 0.6 is 0 Å². The van der Waals surface area contributed by atoms with E-state index >= 15 is 0 Å². The zero-order valence-corrected chi connectivity index (χ0v) is 11.1. The lowest BCUT2D eigenvalue weighted by Crippen LogP contribution is -2.17. The molecule has 0 spiro atoms. The van der Waals surface area contributed by atoms with E-state index in [0.29, 0.717) is 12.3 Å². The lowest BCUT2D eigenvalue weighted by atomic mass is 10.2. The van der Waals surface area contributed by atoms with Crippen LogP contribution in [-0.2, 0) is 6.54 Å². The highest BCUT2D eigenvalue weighted by Gasteiger charge is 1.99. The molecule has 1 aromatic heterocycles. The van der Waals surface area contributed by atoms with Gasteiger partial charge >= 0.3 is 6.01 Å². The molecule has 0 aliphatic rings. The molecule has 102 valence electrons. The van der Waals surface area contributed by atoms with Gasteiger partial charge in [-0.05, 0) is 24.6 Å². The average molecular weight is 268 g/mol. The minimum atomic E-state index is 0.257. The van der Waals surface area contributed by atoms with E-state index in [-0.39, 0.29) is 6.01 Å². The first kappa shape index (κ1) is 14.0. The minimum Gasteiger partial charge on any atom is -0.463 e. The van der Waals surface area contributed by atoms with Crippen LogP contribution in [0.4, 0.5) is 0 Å². The number of rotatable bonds is 7. The first-order valence-electron chi connectivity index (χ1n) is 6.49. The van der Waals surface area contributed by atoms with Crippen LogP contribution in [0.2, 0.25) is 0 Å². The van der Waals surface area contributed by atoms with E-state index in [1.807, 2.05) is 24.3 Å². The molecular formula is C15H16N4O. The second-order valence-electron chi connectivity index (χ2n) is 4.20. The van der Waals surface area contributed by atoms with Crippen molar-refractivity contribution in [2.24, 2.45) is 0 Å². The fourth-order valence-corrected chi connectivity index (χ4v) is 1.66. The summed E-state index contributed by atoms with van der Waals surface area (Å²) >= 11 is 0. The molecular weight excluding hydrogens is 252 g/mol. The maximum absolute atomic E-state index is 8.71. The molecule has 0 saturated carbocycles. The summed E-state index contributed by atoms with van der Waals surface area (Å²) in [5.74, 6) is 0. The largest absolute Gasteiger partial charge is 0.463 e.